The molecule has 2 heterocycles. The summed E-state index contributed by atoms with van der Waals surface area (Å²) in [5, 5.41) is 0. The molecular formula is C13H19N3O2. The van der Waals surface area contributed by atoms with Crippen LogP contribution in [0, 0.1) is 5.92 Å². The van der Waals surface area contributed by atoms with E-state index < -0.39 is 0 Å². The lowest BCUT2D eigenvalue weighted by Crippen LogP contribution is -2.43. The van der Waals surface area contributed by atoms with Crippen molar-refractivity contribution in [3.8, 4) is 0 Å². The van der Waals surface area contributed by atoms with Gasteiger partial charge in [-0.25, -0.2) is 0 Å². The second-order valence-electron chi connectivity index (χ2n) is 4.97. The standard InChI is InChI=1S/C13H19N3O2/c1-15-6-4-10(7-15)12(17)9-16-5-2-3-11(8-16)13(14)18/h4,6-7,11H,2-3,5,8-9H2,1H3,(H2,14,18). The van der Waals surface area contributed by atoms with E-state index >= 15 is 0 Å². The molecule has 0 spiro atoms. The minimum absolute atomic E-state index is 0.0979. The summed E-state index contributed by atoms with van der Waals surface area (Å²) >= 11 is 0. The van der Waals surface area contributed by atoms with Gasteiger partial charge >= 0.3 is 0 Å². The number of ketones is 1. The Labute approximate surface area is 107 Å². The van der Waals surface area contributed by atoms with Gasteiger partial charge in [0.15, 0.2) is 5.78 Å². The van der Waals surface area contributed by atoms with Gasteiger partial charge in [-0.1, -0.05) is 0 Å². The van der Waals surface area contributed by atoms with E-state index in [2.05, 4.69) is 0 Å². The van der Waals surface area contributed by atoms with Gasteiger partial charge < -0.3 is 10.3 Å². The SMILES string of the molecule is Cn1ccc(C(=O)CN2CCCC(C(N)=O)C2)c1. The molecule has 1 aliphatic rings. The number of nitrogens with two attached hydrogens (primary N) is 1. The summed E-state index contributed by atoms with van der Waals surface area (Å²) in [6.07, 6.45) is 5.44. The number of hydrogen-bond donors (Lipinski definition) is 1. The fourth-order valence-electron chi connectivity index (χ4n) is 2.39. The van der Waals surface area contributed by atoms with E-state index in [9.17, 15) is 9.59 Å². The maximum absolute atomic E-state index is 12.0. The lowest BCUT2D eigenvalue weighted by Gasteiger charge is -2.30. The minimum atomic E-state index is -0.258. The quantitative estimate of drug-likeness (QED) is 0.786. The van der Waals surface area contributed by atoms with Gasteiger partial charge in [0, 0.05) is 31.5 Å². The van der Waals surface area contributed by atoms with Gasteiger partial charge in [-0.15, -0.1) is 0 Å². The zero-order valence-corrected chi connectivity index (χ0v) is 10.6. The molecule has 1 aliphatic heterocycles. The third-order valence-corrected chi connectivity index (χ3v) is 3.43. The number of amides is 1. The van der Waals surface area contributed by atoms with Crippen molar-refractivity contribution in [3.63, 3.8) is 0 Å². The molecule has 1 unspecified atom stereocenters. The molecule has 0 saturated carbocycles. The van der Waals surface area contributed by atoms with Crippen molar-refractivity contribution >= 4 is 11.7 Å². The summed E-state index contributed by atoms with van der Waals surface area (Å²) in [7, 11) is 1.89. The van der Waals surface area contributed by atoms with E-state index in [0.717, 1.165) is 24.9 Å². The van der Waals surface area contributed by atoms with Crippen LogP contribution in [0.5, 0.6) is 0 Å². The van der Waals surface area contributed by atoms with E-state index in [4.69, 9.17) is 5.73 Å². The molecule has 1 saturated heterocycles. The Bertz CT molecular complexity index is 453. The molecule has 1 amide bonds. The average molecular weight is 249 g/mol. The first-order chi connectivity index (χ1) is 8.56. The van der Waals surface area contributed by atoms with Crippen LogP contribution in [0.2, 0.25) is 0 Å². The predicted molar refractivity (Wildman–Crippen MR) is 68.1 cm³/mol. The summed E-state index contributed by atoms with van der Waals surface area (Å²) in [5.41, 5.74) is 6.04. The summed E-state index contributed by atoms with van der Waals surface area (Å²) in [5.74, 6) is -0.269. The van der Waals surface area contributed by atoms with Crippen LogP contribution < -0.4 is 5.73 Å². The van der Waals surface area contributed by atoms with Gasteiger partial charge in [-0.3, -0.25) is 14.5 Å². The van der Waals surface area contributed by atoms with E-state index in [1.807, 2.05) is 35.0 Å². The van der Waals surface area contributed by atoms with Crippen LogP contribution in [0.4, 0.5) is 0 Å². The summed E-state index contributed by atoms with van der Waals surface area (Å²) in [6.45, 7) is 1.84. The number of carbonyl (C=O) groups is 2. The van der Waals surface area contributed by atoms with Crippen molar-refractivity contribution in [1.29, 1.82) is 0 Å². The van der Waals surface area contributed by atoms with E-state index in [-0.39, 0.29) is 17.6 Å². The number of piperidine rings is 1. The largest absolute Gasteiger partial charge is 0.369 e. The maximum Gasteiger partial charge on any atom is 0.221 e. The Balaban J connectivity index is 1.93. The molecule has 0 aromatic carbocycles. The molecule has 18 heavy (non-hydrogen) atoms. The topological polar surface area (TPSA) is 68.3 Å². The number of Topliss-reactive ketones (excluding diaryl/α,β-unsaturated/α-hetero) is 1. The van der Waals surface area contributed by atoms with Crippen LogP contribution >= 0.6 is 0 Å². The van der Waals surface area contributed by atoms with Crippen molar-refractivity contribution in [2.24, 2.45) is 18.7 Å². The van der Waals surface area contributed by atoms with Gasteiger partial charge in [0.25, 0.3) is 0 Å². The van der Waals surface area contributed by atoms with E-state index in [1.54, 1.807) is 0 Å². The molecule has 2 rings (SSSR count). The number of aryl methyl sites for hydroxylation is 1. The Morgan fingerprint density at radius 3 is 2.89 bits per heavy atom. The average Bonchev–Trinajstić information content (AvgIpc) is 2.76. The number of likely N-dealkylation sites (tertiary alicyclic amines) is 1. The van der Waals surface area contributed by atoms with Crippen LogP contribution in [0.15, 0.2) is 18.5 Å². The van der Waals surface area contributed by atoms with Gasteiger partial charge in [-0.05, 0) is 25.5 Å². The Morgan fingerprint density at radius 2 is 2.28 bits per heavy atom. The lowest BCUT2D eigenvalue weighted by molar-refractivity contribution is -0.123. The molecule has 98 valence electrons. The Morgan fingerprint density at radius 1 is 1.50 bits per heavy atom. The second-order valence-corrected chi connectivity index (χ2v) is 4.97. The van der Waals surface area contributed by atoms with Crippen LogP contribution in [0.3, 0.4) is 0 Å². The van der Waals surface area contributed by atoms with Crippen LogP contribution in [-0.4, -0.2) is 40.8 Å². The fraction of sp³-hybridized carbons (Fsp3) is 0.538. The highest BCUT2D eigenvalue weighted by Gasteiger charge is 2.25. The number of primary amides is 1. The van der Waals surface area contributed by atoms with Crippen molar-refractivity contribution in [2.75, 3.05) is 19.6 Å². The van der Waals surface area contributed by atoms with E-state index in [1.165, 1.54) is 0 Å². The summed E-state index contributed by atoms with van der Waals surface area (Å²) in [6, 6.07) is 1.82. The molecule has 1 atom stereocenters. The number of rotatable bonds is 4. The molecule has 0 aliphatic carbocycles. The molecular weight excluding hydrogens is 230 g/mol. The maximum atomic E-state index is 12.0. The van der Waals surface area contributed by atoms with Gasteiger partial charge in [0.1, 0.15) is 0 Å². The van der Waals surface area contributed by atoms with Gasteiger partial charge in [-0.2, -0.15) is 0 Å². The summed E-state index contributed by atoms with van der Waals surface area (Å²) < 4.78 is 1.86. The van der Waals surface area contributed by atoms with Crippen LogP contribution in [-0.2, 0) is 11.8 Å². The first-order valence-electron chi connectivity index (χ1n) is 6.23. The number of aromatic nitrogens is 1. The van der Waals surface area contributed by atoms with Crippen molar-refractivity contribution in [1.82, 2.24) is 9.47 Å². The first-order valence-corrected chi connectivity index (χ1v) is 6.23. The van der Waals surface area contributed by atoms with Crippen molar-refractivity contribution < 1.29 is 9.59 Å². The monoisotopic (exact) mass is 249 g/mol. The Hall–Kier alpha value is -1.62. The molecule has 1 aromatic heterocycles. The van der Waals surface area contributed by atoms with Gasteiger partial charge in [0.2, 0.25) is 5.91 Å². The minimum Gasteiger partial charge on any atom is -0.369 e. The highest BCUT2D eigenvalue weighted by molar-refractivity contribution is 5.97. The van der Waals surface area contributed by atoms with Crippen LogP contribution in [0.1, 0.15) is 23.2 Å². The lowest BCUT2D eigenvalue weighted by atomic mass is 9.97. The number of nitrogens with zero attached hydrogens (tertiary/aromatic N) is 2. The fourth-order valence-corrected chi connectivity index (χ4v) is 2.39. The number of carbonyl (C=O) groups excluding carboxylic acids is 2. The smallest absolute Gasteiger partial charge is 0.221 e. The molecule has 0 radical (unpaired) electrons. The molecule has 5 heteroatoms. The normalized spacial score (nSPS) is 20.8. The van der Waals surface area contributed by atoms with Gasteiger partial charge in [0.05, 0.1) is 12.5 Å². The highest BCUT2D eigenvalue weighted by Crippen LogP contribution is 2.16. The zero-order valence-electron chi connectivity index (χ0n) is 10.6. The van der Waals surface area contributed by atoms with Crippen molar-refractivity contribution in [3.05, 3.63) is 24.0 Å². The van der Waals surface area contributed by atoms with Crippen LogP contribution in [0.25, 0.3) is 0 Å². The predicted octanol–water partition coefficient (Wildman–Crippen LogP) is 0.405. The third kappa shape index (κ3) is 2.98. The third-order valence-electron chi connectivity index (χ3n) is 3.43. The van der Waals surface area contributed by atoms with Crippen molar-refractivity contribution in [2.45, 2.75) is 12.8 Å². The zero-order chi connectivity index (χ0) is 13.1. The Kier molecular flexibility index (Phi) is 3.81. The molecule has 1 fully saturated rings. The molecule has 0 bridgehead atoms. The molecule has 5 nitrogen and oxygen atoms in total. The van der Waals surface area contributed by atoms with E-state index in [0.29, 0.717) is 13.1 Å². The first kappa shape index (κ1) is 12.8. The summed E-state index contributed by atoms with van der Waals surface area (Å²) in [4.78, 5) is 25.2. The highest BCUT2D eigenvalue weighted by atomic mass is 16.1. The second kappa shape index (κ2) is 5.35. The molecule has 1 aromatic rings. The molecule has 2 N–H and O–H groups in total. The number of hydrogen-bond acceptors (Lipinski definition) is 3.